The van der Waals surface area contributed by atoms with E-state index in [1.807, 2.05) is 7.11 Å². The number of hydrogen-bond donors (Lipinski definition) is 0. The van der Waals surface area contributed by atoms with Crippen LogP contribution < -0.4 is 9.64 Å². The van der Waals surface area contributed by atoms with Crippen molar-refractivity contribution in [1.82, 2.24) is 0 Å². The van der Waals surface area contributed by atoms with E-state index in [4.69, 9.17) is 4.74 Å². The zero-order valence-electron chi connectivity index (χ0n) is 17.9. The van der Waals surface area contributed by atoms with E-state index in [1.54, 1.807) is 0 Å². The molecule has 152 valence electrons. The predicted molar refractivity (Wildman–Crippen MR) is 119 cm³/mol. The second kappa shape index (κ2) is 6.52. The summed E-state index contributed by atoms with van der Waals surface area (Å²) in [4.78, 5) is 2.56. The van der Waals surface area contributed by atoms with Gasteiger partial charge < -0.3 is 9.64 Å². The Bertz CT molecular complexity index is 910. The maximum absolute atomic E-state index is 5.94. The zero-order valence-corrected chi connectivity index (χ0v) is 17.9. The smallest absolute Gasteiger partial charge is 0.122 e. The van der Waals surface area contributed by atoms with Crippen molar-refractivity contribution in [3.63, 3.8) is 0 Å². The molecule has 0 amide bonds. The molecule has 4 fully saturated rings. The van der Waals surface area contributed by atoms with Crippen molar-refractivity contribution in [2.45, 2.75) is 63.7 Å². The average Bonchev–Trinajstić information content (AvgIpc) is 2.71. The molecule has 1 aliphatic heterocycles. The van der Waals surface area contributed by atoms with Gasteiger partial charge in [0.1, 0.15) is 5.75 Å². The van der Waals surface area contributed by atoms with Gasteiger partial charge in [-0.2, -0.15) is 0 Å². The highest BCUT2D eigenvalue weighted by atomic mass is 16.5. The fourth-order valence-electron chi connectivity index (χ4n) is 7.71. The molecule has 4 bridgehead atoms. The van der Waals surface area contributed by atoms with Crippen LogP contribution in [0.4, 0.5) is 11.4 Å². The monoisotopic (exact) mass is 387 g/mol. The van der Waals surface area contributed by atoms with Crippen LogP contribution in [0, 0.1) is 24.7 Å². The third-order valence-electron chi connectivity index (χ3n) is 8.46. The van der Waals surface area contributed by atoms with Gasteiger partial charge in [0.15, 0.2) is 0 Å². The van der Waals surface area contributed by atoms with Crippen molar-refractivity contribution in [1.29, 1.82) is 0 Å². The lowest BCUT2D eigenvalue weighted by Gasteiger charge is -2.57. The highest BCUT2D eigenvalue weighted by Crippen LogP contribution is 2.62. The third-order valence-corrected chi connectivity index (χ3v) is 8.46. The van der Waals surface area contributed by atoms with Gasteiger partial charge in [-0.3, -0.25) is 0 Å². The molecule has 0 atom stereocenters. The molecule has 0 aromatic heterocycles. The van der Waals surface area contributed by atoms with Crippen LogP contribution >= 0.6 is 0 Å². The van der Waals surface area contributed by atoms with E-state index >= 15 is 0 Å². The number of ether oxygens (including phenoxy) is 1. The lowest BCUT2D eigenvalue weighted by atomic mass is 9.48. The fraction of sp³-hybridized carbons (Fsp3) is 0.556. The highest BCUT2D eigenvalue weighted by Gasteiger charge is 2.52. The Kier molecular flexibility index (Phi) is 4.02. The van der Waals surface area contributed by atoms with Gasteiger partial charge in [-0.05, 0) is 111 Å². The van der Waals surface area contributed by atoms with Crippen LogP contribution in [-0.2, 0) is 11.8 Å². The Morgan fingerprint density at radius 1 is 0.931 bits per heavy atom. The molecule has 2 aromatic carbocycles. The lowest BCUT2D eigenvalue weighted by Crippen LogP contribution is -2.48. The summed E-state index contributed by atoms with van der Waals surface area (Å²) in [7, 11) is 1.86. The molecule has 29 heavy (non-hydrogen) atoms. The van der Waals surface area contributed by atoms with E-state index in [-0.39, 0.29) is 0 Å². The van der Waals surface area contributed by atoms with Gasteiger partial charge in [0.05, 0.1) is 7.11 Å². The van der Waals surface area contributed by atoms with Crippen molar-refractivity contribution in [3.05, 3.63) is 53.1 Å². The summed E-state index contributed by atoms with van der Waals surface area (Å²) in [6, 6.07) is 14.0. The summed E-state index contributed by atoms with van der Waals surface area (Å²) >= 11 is 0. The van der Waals surface area contributed by atoms with Crippen LogP contribution in [0.1, 0.15) is 61.6 Å². The molecule has 4 aliphatic carbocycles. The molecular formula is C27H33NO. The largest absolute Gasteiger partial charge is 0.496 e. The summed E-state index contributed by atoms with van der Waals surface area (Å²) in [5, 5.41) is 0. The van der Waals surface area contributed by atoms with E-state index in [0.29, 0.717) is 5.41 Å². The Morgan fingerprint density at radius 2 is 1.66 bits per heavy atom. The highest BCUT2D eigenvalue weighted by molar-refractivity contribution is 5.70. The quantitative estimate of drug-likeness (QED) is 0.591. The first kappa shape index (κ1) is 17.9. The molecule has 2 heteroatoms. The van der Waals surface area contributed by atoms with E-state index in [2.05, 4.69) is 48.2 Å². The number of anilines is 2. The van der Waals surface area contributed by atoms with Gasteiger partial charge >= 0.3 is 0 Å². The second-order valence-electron chi connectivity index (χ2n) is 10.5. The molecule has 2 aromatic rings. The van der Waals surface area contributed by atoms with Crippen LogP contribution in [0.3, 0.4) is 0 Å². The molecule has 0 spiro atoms. The van der Waals surface area contributed by atoms with E-state index in [0.717, 1.165) is 30.0 Å². The Hall–Kier alpha value is -1.96. The first-order valence-corrected chi connectivity index (χ1v) is 11.7. The molecule has 4 saturated carbocycles. The summed E-state index contributed by atoms with van der Waals surface area (Å²) in [5.41, 5.74) is 7.51. The molecule has 0 unspecified atom stereocenters. The standard InChI is InChI=1S/C27H33NO/c1-18-5-7-25-22(10-18)4-3-9-28(25)23-6-8-26(29-2)24(14-23)27-15-19-11-20(16-27)13-21(12-19)17-27/h5-8,10,14,19-21H,3-4,9,11-13,15-17H2,1-2H3. The average molecular weight is 388 g/mol. The molecule has 0 radical (unpaired) electrons. The number of nitrogens with zero attached hydrogens (tertiary/aromatic N) is 1. The van der Waals surface area contributed by atoms with Crippen LogP contribution in [0.25, 0.3) is 0 Å². The van der Waals surface area contributed by atoms with Crippen LogP contribution in [0.2, 0.25) is 0 Å². The first-order chi connectivity index (χ1) is 14.1. The van der Waals surface area contributed by atoms with Gasteiger partial charge in [-0.1, -0.05) is 17.7 Å². The minimum Gasteiger partial charge on any atom is -0.496 e. The number of benzene rings is 2. The minimum absolute atomic E-state index is 0.363. The number of fused-ring (bicyclic) bond motifs is 1. The Morgan fingerprint density at radius 3 is 2.34 bits per heavy atom. The summed E-state index contributed by atoms with van der Waals surface area (Å²) in [6.45, 7) is 3.32. The van der Waals surface area contributed by atoms with Gasteiger partial charge in [0, 0.05) is 23.5 Å². The summed E-state index contributed by atoms with van der Waals surface area (Å²) in [6.07, 6.45) is 11.0. The van der Waals surface area contributed by atoms with Gasteiger partial charge in [-0.15, -0.1) is 0 Å². The van der Waals surface area contributed by atoms with Crippen molar-refractivity contribution in [2.24, 2.45) is 17.8 Å². The maximum atomic E-state index is 5.94. The molecule has 2 nitrogen and oxygen atoms in total. The topological polar surface area (TPSA) is 12.5 Å². The SMILES string of the molecule is COc1ccc(N2CCCc3cc(C)ccc32)cc1C12CC3CC(CC(C3)C1)C2. The van der Waals surface area contributed by atoms with Crippen LogP contribution in [0.5, 0.6) is 5.75 Å². The Balaban J connectivity index is 1.43. The number of aryl methyl sites for hydroxylation is 2. The minimum atomic E-state index is 0.363. The number of hydrogen-bond acceptors (Lipinski definition) is 2. The third kappa shape index (κ3) is 2.82. The van der Waals surface area contributed by atoms with Crippen molar-refractivity contribution in [3.8, 4) is 5.75 Å². The fourth-order valence-corrected chi connectivity index (χ4v) is 7.71. The maximum Gasteiger partial charge on any atom is 0.122 e. The van der Waals surface area contributed by atoms with Crippen molar-refractivity contribution < 1.29 is 4.74 Å². The summed E-state index contributed by atoms with van der Waals surface area (Å²) < 4.78 is 5.94. The van der Waals surface area contributed by atoms with Crippen molar-refractivity contribution in [2.75, 3.05) is 18.6 Å². The molecular weight excluding hydrogens is 354 g/mol. The zero-order chi connectivity index (χ0) is 19.6. The predicted octanol–water partition coefficient (Wildman–Crippen LogP) is 6.56. The Labute approximate surface area is 175 Å². The molecule has 0 saturated heterocycles. The number of rotatable bonds is 3. The van der Waals surface area contributed by atoms with Crippen LogP contribution in [-0.4, -0.2) is 13.7 Å². The van der Waals surface area contributed by atoms with Gasteiger partial charge in [-0.25, -0.2) is 0 Å². The first-order valence-electron chi connectivity index (χ1n) is 11.7. The summed E-state index contributed by atoms with van der Waals surface area (Å²) in [5.74, 6) is 3.98. The van der Waals surface area contributed by atoms with E-state index in [9.17, 15) is 0 Å². The molecule has 0 N–H and O–H groups in total. The normalized spacial score (nSPS) is 32.3. The molecule has 7 rings (SSSR count). The molecule has 5 aliphatic rings. The molecule has 1 heterocycles. The number of methoxy groups -OCH3 is 1. The van der Waals surface area contributed by atoms with Gasteiger partial charge in [0.2, 0.25) is 0 Å². The van der Waals surface area contributed by atoms with Crippen LogP contribution in [0.15, 0.2) is 36.4 Å². The van der Waals surface area contributed by atoms with Gasteiger partial charge in [0.25, 0.3) is 0 Å². The van der Waals surface area contributed by atoms with Crippen molar-refractivity contribution >= 4 is 11.4 Å². The van der Waals surface area contributed by atoms with E-state index < -0.39 is 0 Å². The lowest BCUT2D eigenvalue weighted by molar-refractivity contribution is -0.00613. The second-order valence-corrected chi connectivity index (χ2v) is 10.5. The van der Waals surface area contributed by atoms with E-state index in [1.165, 1.54) is 79.4 Å².